The summed E-state index contributed by atoms with van der Waals surface area (Å²) in [6.07, 6.45) is 5.04. The summed E-state index contributed by atoms with van der Waals surface area (Å²) in [5.41, 5.74) is 1.46. The average Bonchev–Trinajstić information content (AvgIpc) is 2.42. The van der Waals surface area contributed by atoms with E-state index in [0.29, 0.717) is 6.42 Å². The Labute approximate surface area is 43.3 Å². The van der Waals surface area contributed by atoms with E-state index in [4.69, 9.17) is 5.26 Å². The van der Waals surface area contributed by atoms with Gasteiger partial charge in [-0.25, -0.2) is 0 Å². The Kier molecular flexibility index (Phi) is 1.12. The Hall–Kier alpha value is -0.770. The predicted molar refractivity (Wildman–Crippen MR) is 27.5 cm³/mol. The summed E-state index contributed by atoms with van der Waals surface area (Å²) in [6, 6.07) is 2.10. The van der Waals surface area contributed by atoms with Crippen molar-refractivity contribution < 1.29 is 0 Å². The van der Waals surface area contributed by atoms with Crippen molar-refractivity contribution in [2.45, 2.75) is 19.3 Å². The third kappa shape index (κ3) is 1.41. The van der Waals surface area contributed by atoms with E-state index in [1.54, 1.807) is 0 Å². The van der Waals surface area contributed by atoms with Crippen molar-refractivity contribution in [2.75, 3.05) is 0 Å². The summed E-state index contributed by atoms with van der Waals surface area (Å²) in [4.78, 5) is 0. The number of allylic oxidation sites excluding steroid dienone is 2. The van der Waals surface area contributed by atoms with Gasteiger partial charge in [0, 0.05) is 6.42 Å². The molecule has 0 aromatic heterocycles. The van der Waals surface area contributed by atoms with E-state index in [0.717, 1.165) is 6.42 Å². The summed E-state index contributed by atoms with van der Waals surface area (Å²) >= 11 is 0. The second kappa shape index (κ2) is 1.79. The third-order valence-electron chi connectivity index (χ3n) is 1.05. The maximum atomic E-state index is 8.07. The minimum atomic E-state index is 0.700. The van der Waals surface area contributed by atoms with Crippen LogP contribution in [0.4, 0.5) is 0 Å². The molecule has 0 N–H and O–H groups in total. The van der Waals surface area contributed by atoms with E-state index in [1.165, 1.54) is 12.0 Å². The van der Waals surface area contributed by atoms with E-state index in [1.807, 2.05) is 0 Å². The highest BCUT2D eigenvalue weighted by molar-refractivity contribution is 5.21. The first kappa shape index (κ1) is 4.39. The lowest BCUT2D eigenvalue weighted by Crippen LogP contribution is -1.63. The monoisotopic (exact) mass is 93.1 g/mol. The summed E-state index contributed by atoms with van der Waals surface area (Å²) in [6.45, 7) is 0. The summed E-state index contributed by atoms with van der Waals surface area (Å²) in [7, 11) is 0. The second-order valence-corrected chi connectivity index (χ2v) is 1.72. The minimum Gasteiger partial charge on any atom is -0.198 e. The first-order chi connectivity index (χ1) is 3.43. The Morgan fingerprint density at radius 1 is 1.86 bits per heavy atom. The van der Waals surface area contributed by atoms with Gasteiger partial charge in [0.1, 0.15) is 0 Å². The molecule has 1 nitrogen and oxygen atoms in total. The van der Waals surface area contributed by atoms with Crippen LogP contribution in [0.15, 0.2) is 11.6 Å². The molecule has 1 aliphatic rings. The van der Waals surface area contributed by atoms with Crippen LogP contribution < -0.4 is 0 Å². The number of hydrogen-bond donors (Lipinski definition) is 0. The van der Waals surface area contributed by atoms with Gasteiger partial charge in [0.25, 0.3) is 0 Å². The lowest BCUT2D eigenvalue weighted by Gasteiger charge is -1.76. The van der Waals surface area contributed by atoms with Crippen LogP contribution in [-0.4, -0.2) is 0 Å². The highest BCUT2D eigenvalue weighted by Crippen LogP contribution is 2.22. The third-order valence-corrected chi connectivity index (χ3v) is 1.05. The lowest BCUT2D eigenvalue weighted by atomic mass is 10.3. The van der Waals surface area contributed by atoms with E-state index < -0.39 is 0 Å². The fraction of sp³-hybridized carbons (Fsp3) is 0.500. The molecule has 1 heteroatoms. The molecule has 0 amide bonds. The van der Waals surface area contributed by atoms with Crippen molar-refractivity contribution in [1.82, 2.24) is 0 Å². The van der Waals surface area contributed by atoms with Crippen LogP contribution in [0.5, 0.6) is 0 Å². The zero-order valence-electron chi connectivity index (χ0n) is 4.15. The molecule has 0 spiro atoms. The molecule has 7 heavy (non-hydrogen) atoms. The number of hydrogen-bond acceptors (Lipinski definition) is 1. The number of nitriles is 1. The molecule has 0 unspecified atom stereocenters. The van der Waals surface area contributed by atoms with Gasteiger partial charge >= 0.3 is 0 Å². The van der Waals surface area contributed by atoms with Crippen molar-refractivity contribution in [2.24, 2.45) is 0 Å². The van der Waals surface area contributed by atoms with Crippen LogP contribution >= 0.6 is 0 Å². The van der Waals surface area contributed by atoms with Crippen LogP contribution in [0, 0.1) is 11.3 Å². The molecule has 1 aliphatic carbocycles. The molecular formula is C6H7N. The molecule has 0 fully saturated rings. The maximum absolute atomic E-state index is 8.07. The normalized spacial score (nSPS) is 15.0. The van der Waals surface area contributed by atoms with Gasteiger partial charge in [0.2, 0.25) is 0 Å². The molecule has 36 valence electrons. The first-order valence-electron chi connectivity index (χ1n) is 2.48. The van der Waals surface area contributed by atoms with E-state index in [2.05, 4.69) is 12.1 Å². The Balaban J connectivity index is 2.02. The van der Waals surface area contributed by atoms with Gasteiger partial charge in [-0.2, -0.15) is 5.26 Å². The summed E-state index contributed by atoms with van der Waals surface area (Å²) in [5, 5.41) is 8.07. The molecule has 0 saturated carbocycles. The van der Waals surface area contributed by atoms with Crippen molar-refractivity contribution in [1.29, 1.82) is 5.26 Å². The quantitative estimate of drug-likeness (QED) is 0.476. The largest absolute Gasteiger partial charge is 0.198 e. The van der Waals surface area contributed by atoms with Gasteiger partial charge in [-0.15, -0.1) is 0 Å². The summed E-state index contributed by atoms with van der Waals surface area (Å²) < 4.78 is 0. The maximum Gasteiger partial charge on any atom is 0.0625 e. The van der Waals surface area contributed by atoms with Crippen LogP contribution in [0.3, 0.4) is 0 Å². The molecule has 0 saturated heterocycles. The van der Waals surface area contributed by atoms with Crippen LogP contribution in [-0.2, 0) is 0 Å². The van der Waals surface area contributed by atoms with Crippen LogP contribution in [0.1, 0.15) is 19.3 Å². The summed E-state index contributed by atoms with van der Waals surface area (Å²) in [5.74, 6) is 0. The molecule has 0 bridgehead atoms. The lowest BCUT2D eigenvalue weighted by molar-refractivity contribution is 1.02. The van der Waals surface area contributed by atoms with Crippen LogP contribution in [0.2, 0.25) is 0 Å². The average molecular weight is 93.1 g/mol. The minimum absolute atomic E-state index is 0.700. The van der Waals surface area contributed by atoms with Crippen LogP contribution in [0.25, 0.3) is 0 Å². The Morgan fingerprint density at radius 2 is 2.57 bits per heavy atom. The van der Waals surface area contributed by atoms with Crippen molar-refractivity contribution >= 4 is 0 Å². The smallest absolute Gasteiger partial charge is 0.0625 e. The van der Waals surface area contributed by atoms with Gasteiger partial charge in [-0.05, 0) is 12.8 Å². The highest BCUT2D eigenvalue weighted by atomic mass is 14.2. The topological polar surface area (TPSA) is 23.8 Å². The predicted octanol–water partition coefficient (Wildman–Crippen LogP) is 1.62. The number of nitrogens with zero attached hydrogens (tertiary/aromatic N) is 1. The molecule has 0 atom stereocenters. The molecule has 0 heterocycles. The SMILES string of the molecule is N#CCCC1=CC1. The van der Waals surface area contributed by atoms with Gasteiger partial charge < -0.3 is 0 Å². The number of rotatable bonds is 2. The van der Waals surface area contributed by atoms with Gasteiger partial charge in [0.15, 0.2) is 0 Å². The fourth-order valence-corrected chi connectivity index (χ4v) is 0.493. The fourth-order valence-electron chi connectivity index (χ4n) is 0.493. The molecule has 0 aliphatic heterocycles. The van der Waals surface area contributed by atoms with Crippen molar-refractivity contribution in [3.05, 3.63) is 11.6 Å². The molecular weight excluding hydrogens is 86.1 g/mol. The van der Waals surface area contributed by atoms with Gasteiger partial charge in [-0.1, -0.05) is 11.6 Å². The van der Waals surface area contributed by atoms with Gasteiger partial charge in [0.05, 0.1) is 6.07 Å². The zero-order valence-corrected chi connectivity index (χ0v) is 4.15. The van der Waals surface area contributed by atoms with E-state index >= 15 is 0 Å². The van der Waals surface area contributed by atoms with Crippen molar-refractivity contribution in [3.63, 3.8) is 0 Å². The highest BCUT2D eigenvalue weighted by Gasteiger charge is 2.04. The Morgan fingerprint density at radius 3 is 3.00 bits per heavy atom. The Bertz CT molecular complexity index is 128. The van der Waals surface area contributed by atoms with Gasteiger partial charge in [-0.3, -0.25) is 0 Å². The second-order valence-electron chi connectivity index (χ2n) is 1.72. The standard InChI is InChI=1S/C6H7N/c7-5-1-2-6-3-4-6/h3H,1-2,4H2. The first-order valence-corrected chi connectivity index (χ1v) is 2.48. The molecule has 0 aromatic carbocycles. The molecule has 1 rings (SSSR count). The zero-order chi connectivity index (χ0) is 5.11. The molecule has 0 radical (unpaired) electrons. The molecule has 0 aromatic rings. The van der Waals surface area contributed by atoms with E-state index in [-0.39, 0.29) is 0 Å². The van der Waals surface area contributed by atoms with E-state index in [9.17, 15) is 0 Å². The van der Waals surface area contributed by atoms with Crippen molar-refractivity contribution in [3.8, 4) is 6.07 Å².